The molecule has 5 nitrogen and oxygen atoms in total. The molecule has 0 aromatic heterocycles. The fourth-order valence-electron chi connectivity index (χ4n) is 3.15. The quantitative estimate of drug-likeness (QED) is 0.579. The molecule has 1 atom stereocenters. The summed E-state index contributed by atoms with van der Waals surface area (Å²) < 4.78 is 10.6. The summed E-state index contributed by atoms with van der Waals surface area (Å²) in [5.41, 5.74) is 2.82. The SMILES string of the molecule is CCCOCC1=C(C(C)=O)C(c2ccccc2Cl)C(C(=O)OC)=C(C)N1. The van der Waals surface area contributed by atoms with Crippen LogP contribution in [0.25, 0.3) is 0 Å². The summed E-state index contributed by atoms with van der Waals surface area (Å²) in [4.78, 5) is 25.0. The van der Waals surface area contributed by atoms with Gasteiger partial charge < -0.3 is 14.8 Å². The first-order valence-electron chi connectivity index (χ1n) is 8.54. The van der Waals surface area contributed by atoms with Gasteiger partial charge in [-0.1, -0.05) is 36.7 Å². The van der Waals surface area contributed by atoms with Gasteiger partial charge in [0.2, 0.25) is 0 Å². The number of benzene rings is 1. The monoisotopic (exact) mass is 377 g/mol. The molecule has 1 heterocycles. The van der Waals surface area contributed by atoms with Gasteiger partial charge in [-0.3, -0.25) is 4.79 Å². The second-order valence-electron chi connectivity index (χ2n) is 6.11. The lowest BCUT2D eigenvalue weighted by molar-refractivity contribution is -0.136. The fraction of sp³-hybridized carbons (Fsp3) is 0.400. The molecule has 0 saturated carbocycles. The molecule has 0 spiro atoms. The number of methoxy groups -OCH3 is 1. The Morgan fingerprint density at radius 2 is 1.92 bits per heavy atom. The molecule has 140 valence electrons. The smallest absolute Gasteiger partial charge is 0.336 e. The number of rotatable bonds is 7. The maximum Gasteiger partial charge on any atom is 0.336 e. The Balaban J connectivity index is 2.64. The summed E-state index contributed by atoms with van der Waals surface area (Å²) in [6.07, 6.45) is 0.874. The average Bonchev–Trinajstić information content (AvgIpc) is 2.61. The summed E-state index contributed by atoms with van der Waals surface area (Å²) >= 11 is 6.40. The van der Waals surface area contributed by atoms with E-state index in [0.29, 0.717) is 39.7 Å². The molecule has 1 unspecified atom stereocenters. The highest BCUT2D eigenvalue weighted by Crippen LogP contribution is 2.41. The third kappa shape index (κ3) is 4.17. The highest BCUT2D eigenvalue weighted by Gasteiger charge is 2.37. The van der Waals surface area contributed by atoms with Gasteiger partial charge >= 0.3 is 5.97 Å². The number of carbonyl (C=O) groups is 2. The highest BCUT2D eigenvalue weighted by atomic mass is 35.5. The van der Waals surface area contributed by atoms with Crippen LogP contribution in [0.4, 0.5) is 0 Å². The van der Waals surface area contributed by atoms with Crippen LogP contribution in [0.1, 0.15) is 38.7 Å². The van der Waals surface area contributed by atoms with Crippen molar-refractivity contribution in [2.75, 3.05) is 20.3 Å². The third-order valence-corrected chi connectivity index (χ3v) is 4.58. The van der Waals surface area contributed by atoms with Crippen LogP contribution in [0.15, 0.2) is 46.8 Å². The van der Waals surface area contributed by atoms with Crippen molar-refractivity contribution in [2.24, 2.45) is 0 Å². The van der Waals surface area contributed by atoms with Crippen LogP contribution in [0.3, 0.4) is 0 Å². The Hall–Kier alpha value is -2.11. The van der Waals surface area contributed by atoms with E-state index in [1.165, 1.54) is 14.0 Å². The summed E-state index contributed by atoms with van der Waals surface area (Å²) in [5.74, 6) is -1.24. The molecule has 0 bridgehead atoms. The highest BCUT2D eigenvalue weighted by molar-refractivity contribution is 6.31. The summed E-state index contributed by atoms with van der Waals surface area (Å²) in [7, 11) is 1.32. The Morgan fingerprint density at radius 1 is 1.23 bits per heavy atom. The van der Waals surface area contributed by atoms with E-state index in [1.807, 2.05) is 25.1 Å². The van der Waals surface area contributed by atoms with Crippen LogP contribution in [0.2, 0.25) is 5.02 Å². The molecule has 1 aromatic rings. The first-order chi connectivity index (χ1) is 12.4. The first kappa shape index (κ1) is 20.2. The largest absolute Gasteiger partial charge is 0.466 e. The Morgan fingerprint density at radius 3 is 2.50 bits per heavy atom. The van der Waals surface area contributed by atoms with E-state index in [9.17, 15) is 9.59 Å². The summed E-state index contributed by atoms with van der Waals surface area (Å²) in [5, 5.41) is 3.65. The van der Waals surface area contributed by atoms with Crippen LogP contribution < -0.4 is 5.32 Å². The number of hydrogen-bond acceptors (Lipinski definition) is 5. The van der Waals surface area contributed by atoms with Gasteiger partial charge in [0.15, 0.2) is 5.78 Å². The molecular formula is C20H24ClNO4. The van der Waals surface area contributed by atoms with Crippen molar-refractivity contribution in [2.45, 2.75) is 33.1 Å². The van der Waals surface area contributed by atoms with Gasteiger partial charge in [0.1, 0.15) is 0 Å². The predicted molar refractivity (Wildman–Crippen MR) is 101 cm³/mol. The van der Waals surface area contributed by atoms with Crippen molar-refractivity contribution < 1.29 is 19.1 Å². The van der Waals surface area contributed by atoms with Gasteiger partial charge in [-0.15, -0.1) is 0 Å². The number of hydrogen-bond donors (Lipinski definition) is 1. The number of allylic oxidation sites excluding steroid dienone is 2. The van der Waals surface area contributed by atoms with Gasteiger partial charge in [0.05, 0.1) is 19.3 Å². The fourth-order valence-corrected chi connectivity index (χ4v) is 3.39. The Bertz CT molecular complexity index is 767. The van der Waals surface area contributed by atoms with Crippen molar-refractivity contribution in [1.82, 2.24) is 5.32 Å². The molecule has 0 fully saturated rings. The van der Waals surface area contributed by atoms with Gasteiger partial charge in [-0.2, -0.15) is 0 Å². The third-order valence-electron chi connectivity index (χ3n) is 4.24. The van der Waals surface area contributed by atoms with E-state index in [-0.39, 0.29) is 12.4 Å². The molecule has 26 heavy (non-hydrogen) atoms. The molecule has 1 N–H and O–H groups in total. The number of esters is 1. The molecule has 1 aromatic carbocycles. The molecule has 2 rings (SSSR count). The Kier molecular flexibility index (Phi) is 7.00. The normalized spacial score (nSPS) is 17.2. The number of nitrogens with one attached hydrogen (secondary N) is 1. The van der Waals surface area contributed by atoms with Crippen molar-refractivity contribution in [3.05, 3.63) is 57.4 Å². The zero-order valence-corrected chi connectivity index (χ0v) is 16.3. The van der Waals surface area contributed by atoms with Crippen molar-refractivity contribution in [3.8, 4) is 0 Å². The van der Waals surface area contributed by atoms with E-state index in [1.54, 1.807) is 13.0 Å². The lowest BCUT2D eigenvalue weighted by Crippen LogP contribution is -2.33. The minimum Gasteiger partial charge on any atom is -0.466 e. The van der Waals surface area contributed by atoms with Crippen LogP contribution in [0.5, 0.6) is 0 Å². The van der Waals surface area contributed by atoms with Crippen molar-refractivity contribution in [1.29, 1.82) is 0 Å². The average molecular weight is 378 g/mol. The van der Waals surface area contributed by atoms with E-state index >= 15 is 0 Å². The van der Waals surface area contributed by atoms with E-state index in [4.69, 9.17) is 21.1 Å². The first-order valence-corrected chi connectivity index (χ1v) is 8.92. The van der Waals surface area contributed by atoms with Crippen molar-refractivity contribution in [3.63, 3.8) is 0 Å². The van der Waals surface area contributed by atoms with Gasteiger partial charge in [-0.25, -0.2) is 4.79 Å². The number of ketones is 1. The van der Waals surface area contributed by atoms with E-state index < -0.39 is 11.9 Å². The standard InChI is InChI=1S/C20H24ClNO4/c1-5-10-26-11-16-18(13(3)23)19(14-8-6-7-9-15(14)21)17(12(2)22-16)20(24)25-4/h6-9,19,22H,5,10-11H2,1-4H3. The summed E-state index contributed by atoms with van der Waals surface area (Å²) in [6.45, 7) is 6.12. The van der Waals surface area contributed by atoms with Gasteiger partial charge in [-0.05, 0) is 31.9 Å². The van der Waals surface area contributed by atoms with E-state index in [2.05, 4.69) is 5.32 Å². The summed E-state index contributed by atoms with van der Waals surface area (Å²) in [6, 6.07) is 7.21. The Labute approximate surface area is 159 Å². The van der Waals surface area contributed by atoms with Crippen LogP contribution in [-0.4, -0.2) is 32.1 Å². The van der Waals surface area contributed by atoms with Crippen LogP contribution >= 0.6 is 11.6 Å². The number of carbonyl (C=O) groups excluding carboxylic acids is 2. The number of dihydropyridines is 1. The molecule has 1 aliphatic heterocycles. The second kappa shape index (κ2) is 9.01. The van der Waals surface area contributed by atoms with Crippen LogP contribution in [0, 0.1) is 0 Å². The molecular weight excluding hydrogens is 354 g/mol. The zero-order valence-electron chi connectivity index (χ0n) is 15.5. The molecule has 6 heteroatoms. The number of Topliss-reactive ketones (excluding diaryl/α,β-unsaturated/α-hetero) is 1. The second-order valence-corrected chi connectivity index (χ2v) is 6.52. The molecule has 0 radical (unpaired) electrons. The molecule has 0 saturated heterocycles. The lowest BCUT2D eigenvalue weighted by Gasteiger charge is -2.31. The van der Waals surface area contributed by atoms with E-state index in [0.717, 1.165) is 6.42 Å². The number of halogens is 1. The molecule has 0 amide bonds. The van der Waals surface area contributed by atoms with Gasteiger partial charge in [0, 0.05) is 34.5 Å². The predicted octanol–water partition coefficient (Wildman–Crippen LogP) is 3.74. The van der Waals surface area contributed by atoms with Crippen LogP contribution in [-0.2, 0) is 19.1 Å². The minimum absolute atomic E-state index is 0.147. The maximum atomic E-state index is 12.5. The lowest BCUT2D eigenvalue weighted by atomic mass is 9.79. The topological polar surface area (TPSA) is 64.6 Å². The minimum atomic E-state index is -0.602. The molecule has 0 aliphatic carbocycles. The molecule has 1 aliphatic rings. The number of ether oxygens (including phenoxy) is 2. The zero-order chi connectivity index (χ0) is 19.3. The van der Waals surface area contributed by atoms with Gasteiger partial charge in [0.25, 0.3) is 0 Å². The maximum absolute atomic E-state index is 12.5. The van der Waals surface area contributed by atoms with Crippen molar-refractivity contribution >= 4 is 23.4 Å².